The molecule has 7 heteroatoms. The maximum absolute atomic E-state index is 12.1. The molecule has 0 aliphatic heterocycles. The van der Waals surface area contributed by atoms with Crippen molar-refractivity contribution in [2.75, 3.05) is 5.73 Å². The zero-order valence-electron chi connectivity index (χ0n) is 8.98. The van der Waals surface area contributed by atoms with Gasteiger partial charge in [0.2, 0.25) is 0 Å². The largest absolute Gasteiger partial charge is 0.573 e. The third-order valence-corrected chi connectivity index (χ3v) is 2.12. The maximum Gasteiger partial charge on any atom is 0.573 e. The highest BCUT2D eigenvalue weighted by Gasteiger charge is 2.31. The fourth-order valence-electron chi connectivity index (χ4n) is 1.42. The van der Waals surface area contributed by atoms with Crippen LogP contribution in [0.15, 0.2) is 36.8 Å². The summed E-state index contributed by atoms with van der Waals surface area (Å²) in [4.78, 5) is 7.54. The van der Waals surface area contributed by atoms with Crippen LogP contribution in [-0.2, 0) is 0 Å². The van der Waals surface area contributed by atoms with Crippen LogP contribution in [0.2, 0.25) is 0 Å². The molecule has 0 spiro atoms. The minimum atomic E-state index is -4.72. The normalized spacial score (nSPS) is 11.3. The van der Waals surface area contributed by atoms with Crippen molar-refractivity contribution < 1.29 is 17.9 Å². The molecule has 1 heterocycles. The first-order valence-corrected chi connectivity index (χ1v) is 4.87. The summed E-state index contributed by atoms with van der Waals surface area (Å²) in [6, 6.07) is 5.46. The van der Waals surface area contributed by atoms with Gasteiger partial charge in [0.25, 0.3) is 0 Å². The first-order chi connectivity index (χ1) is 8.46. The highest BCUT2D eigenvalue weighted by atomic mass is 19.4. The van der Waals surface area contributed by atoms with E-state index in [2.05, 4.69) is 14.7 Å². The number of alkyl halides is 3. The Morgan fingerprint density at radius 3 is 2.67 bits per heavy atom. The number of aromatic nitrogens is 2. The van der Waals surface area contributed by atoms with Crippen LogP contribution in [0.3, 0.4) is 0 Å². The number of rotatable bonds is 2. The molecule has 0 bridgehead atoms. The standard InChI is InChI=1S/C11H8F3N3O/c12-11(13,14)18-8-3-1-2-7(4-8)9-5-16-6-17-10(9)15/h1-6H,(H2,15,16,17). The van der Waals surface area contributed by atoms with Gasteiger partial charge in [-0.2, -0.15) is 0 Å². The predicted molar refractivity (Wildman–Crippen MR) is 58.6 cm³/mol. The minimum Gasteiger partial charge on any atom is -0.406 e. The van der Waals surface area contributed by atoms with E-state index in [1.165, 1.54) is 30.7 Å². The lowest BCUT2D eigenvalue weighted by molar-refractivity contribution is -0.274. The average molecular weight is 255 g/mol. The highest BCUT2D eigenvalue weighted by Crippen LogP contribution is 2.29. The van der Waals surface area contributed by atoms with Gasteiger partial charge < -0.3 is 10.5 Å². The van der Waals surface area contributed by atoms with Crippen LogP contribution < -0.4 is 10.5 Å². The molecular weight excluding hydrogens is 247 g/mol. The molecule has 0 saturated carbocycles. The number of hydrogen-bond donors (Lipinski definition) is 1. The summed E-state index contributed by atoms with van der Waals surface area (Å²) in [5.74, 6) is -0.127. The Morgan fingerprint density at radius 2 is 2.00 bits per heavy atom. The molecule has 2 aromatic rings. The second-order valence-corrected chi connectivity index (χ2v) is 3.40. The van der Waals surface area contributed by atoms with E-state index in [1.54, 1.807) is 6.07 Å². The summed E-state index contributed by atoms with van der Waals surface area (Å²) in [6.45, 7) is 0. The Labute approximate surface area is 100 Å². The smallest absolute Gasteiger partial charge is 0.406 e. The molecule has 0 amide bonds. The minimum absolute atomic E-state index is 0.189. The van der Waals surface area contributed by atoms with Crippen LogP contribution in [0.25, 0.3) is 11.1 Å². The van der Waals surface area contributed by atoms with Crippen molar-refractivity contribution in [1.29, 1.82) is 0 Å². The molecule has 0 radical (unpaired) electrons. The number of nitrogen functional groups attached to an aromatic ring is 1. The number of nitrogens with zero attached hydrogens (tertiary/aromatic N) is 2. The van der Waals surface area contributed by atoms with Crippen molar-refractivity contribution in [3.63, 3.8) is 0 Å². The molecule has 94 valence electrons. The summed E-state index contributed by atoms with van der Waals surface area (Å²) < 4.78 is 40.1. The predicted octanol–water partition coefficient (Wildman–Crippen LogP) is 2.62. The SMILES string of the molecule is Nc1ncncc1-c1cccc(OC(F)(F)F)c1. The Kier molecular flexibility index (Phi) is 3.05. The molecule has 2 rings (SSSR count). The van der Waals surface area contributed by atoms with Crippen molar-refractivity contribution in [1.82, 2.24) is 9.97 Å². The lowest BCUT2D eigenvalue weighted by Crippen LogP contribution is -2.17. The van der Waals surface area contributed by atoms with Crippen molar-refractivity contribution in [2.24, 2.45) is 0 Å². The van der Waals surface area contributed by atoms with E-state index >= 15 is 0 Å². The molecule has 0 unspecified atom stereocenters. The second kappa shape index (κ2) is 4.52. The average Bonchev–Trinajstić information content (AvgIpc) is 2.27. The Morgan fingerprint density at radius 1 is 1.22 bits per heavy atom. The molecule has 0 saturated heterocycles. The first kappa shape index (κ1) is 12.2. The van der Waals surface area contributed by atoms with E-state index < -0.39 is 6.36 Å². The van der Waals surface area contributed by atoms with Crippen molar-refractivity contribution >= 4 is 5.82 Å². The number of hydrogen-bond acceptors (Lipinski definition) is 4. The van der Waals surface area contributed by atoms with E-state index in [0.717, 1.165) is 0 Å². The van der Waals surface area contributed by atoms with Crippen molar-refractivity contribution in [3.05, 3.63) is 36.8 Å². The zero-order chi connectivity index (χ0) is 13.2. The fraction of sp³-hybridized carbons (Fsp3) is 0.0909. The summed E-state index contributed by atoms with van der Waals surface area (Å²) in [7, 11) is 0. The van der Waals surface area contributed by atoms with Crippen molar-refractivity contribution in [3.8, 4) is 16.9 Å². The number of anilines is 1. The monoisotopic (exact) mass is 255 g/mol. The number of halogens is 3. The van der Waals surface area contributed by atoms with Gasteiger partial charge in [-0.25, -0.2) is 9.97 Å². The lowest BCUT2D eigenvalue weighted by Gasteiger charge is -2.10. The van der Waals surface area contributed by atoms with E-state index in [4.69, 9.17) is 5.73 Å². The Bertz CT molecular complexity index is 557. The fourth-order valence-corrected chi connectivity index (χ4v) is 1.42. The molecule has 0 atom stereocenters. The van der Waals surface area contributed by atoms with Crippen molar-refractivity contribution in [2.45, 2.75) is 6.36 Å². The Balaban J connectivity index is 2.36. The Hall–Kier alpha value is -2.31. The van der Waals surface area contributed by atoms with Gasteiger partial charge >= 0.3 is 6.36 Å². The zero-order valence-corrected chi connectivity index (χ0v) is 8.98. The molecule has 1 aromatic carbocycles. The molecule has 2 N–H and O–H groups in total. The second-order valence-electron chi connectivity index (χ2n) is 3.40. The maximum atomic E-state index is 12.1. The van der Waals surface area contributed by atoms with Crippen LogP contribution in [-0.4, -0.2) is 16.3 Å². The summed E-state index contributed by atoms with van der Waals surface area (Å²) in [5.41, 5.74) is 6.52. The first-order valence-electron chi connectivity index (χ1n) is 4.87. The number of ether oxygens (including phenoxy) is 1. The quantitative estimate of drug-likeness (QED) is 0.896. The van der Waals surface area contributed by atoms with Gasteiger partial charge in [0.05, 0.1) is 0 Å². The van der Waals surface area contributed by atoms with Gasteiger partial charge in [0.1, 0.15) is 17.9 Å². The van der Waals surface area contributed by atoms with E-state index in [9.17, 15) is 13.2 Å². The number of benzene rings is 1. The van der Waals surface area contributed by atoms with E-state index in [-0.39, 0.29) is 11.6 Å². The lowest BCUT2D eigenvalue weighted by atomic mass is 10.1. The van der Waals surface area contributed by atoms with E-state index in [0.29, 0.717) is 11.1 Å². The highest BCUT2D eigenvalue weighted by molar-refractivity contribution is 5.73. The molecular formula is C11H8F3N3O. The molecule has 1 aromatic heterocycles. The third kappa shape index (κ3) is 2.88. The molecule has 0 fully saturated rings. The van der Waals surface area contributed by atoms with Gasteiger partial charge in [-0.15, -0.1) is 13.2 Å². The molecule has 0 aliphatic carbocycles. The molecule has 0 aliphatic rings. The summed E-state index contributed by atoms with van der Waals surface area (Å²) >= 11 is 0. The van der Waals surface area contributed by atoms with Gasteiger partial charge in [0.15, 0.2) is 0 Å². The molecule has 18 heavy (non-hydrogen) atoms. The van der Waals surface area contributed by atoms with Gasteiger partial charge in [-0.05, 0) is 17.7 Å². The molecule has 4 nitrogen and oxygen atoms in total. The van der Waals surface area contributed by atoms with E-state index in [1.807, 2.05) is 0 Å². The topological polar surface area (TPSA) is 61.0 Å². The van der Waals surface area contributed by atoms with Crippen LogP contribution >= 0.6 is 0 Å². The van der Waals surface area contributed by atoms with Crippen LogP contribution in [0.1, 0.15) is 0 Å². The van der Waals surface area contributed by atoms with Gasteiger partial charge in [-0.3, -0.25) is 0 Å². The summed E-state index contributed by atoms with van der Waals surface area (Å²) in [5, 5.41) is 0. The van der Waals surface area contributed by atoms with Gasteiger partial charge in [0, 0.05) is 11.8 Å². The van der Waals surface area contributed by atoms with Crippen LogP contribution in [0.5, 0.6) is 5.75 Å². The third-order valence-electron chi connectivity index (χ3n) is 2.12. The number of nitrogens with two attached hydrogens (primary N) is 1. The summed E-state index contributed by atoms with van der Waals surface area (Å²) in [6.07, 6.45) is -2.04. The van der Waals surface area contributed by atoms with Gasteiger partial charge in [-0.1, -0.05) is 12.1 Å². The van der Waals surface area contributed by atoms with Crippen LogP contribution in [0, 0.1) is 0 Å². The van der Waals surface area contributed by atoms with Crippen LogP contribution in [0.4, 0.5) is 19.0 Å².